The molecule has 0 bridgehead atoms. The standard InChI is InChI=1S/C30H28Cl2N4O5S/c1-3-39-29(38)26-18(2)34-30(42)35-27(26)22-11-7-8-12-24(22)40-17-25(37)36-33-15-20-13-21(31)14-23(32)28(20)41-16-19-9-5-4-6-10-19/h4-15,27H,3,16-17H2,1-2H3,(H,36,37)(H2,34,35,42)/t27-/m1/s1. The molecule has 0 saturated carbocycles. The van der Waals surface area contributed by atoms with Gasteiger partial charge in [0.25, 0.3) is 5.91 Å². The number of para-hydroxylation sites is 1. The zero-order valence-corrected chi connectivity index (χ0v) is 25.1. The molecule has 0 unspecified atom stereocenters. The van der Waals surface area contributed by atoms with E-state index in [2.05, 4.69) is 21.2 Å². The first-order valence-corrected chi connectivity index (χ1v) is 14.1. The third-order valence-corrected chi connectivity index (χ3v) is 6.73. The summed E-state index contributed by atoms with van der Waals surface area (Å²) in [6.07, 6.45) is 1.39. The smallest absolute Gasteiger partial charge is 0.338 e. The number of thiocarbonyl (C=S) groups is 1. The maximum absolute atomic E-state index is 12.7. The van der Waals surface area contributed by atoms with E-state index >= 15 is 0 Å². The summed E-state index contributed by atoms with van der Waals surface area (Å²) in [5.41, 5.74) is 5.41. The van der Waals surface area contributed by atoms with Crippen LogP contribution in [0.5, 0.6) is 11.5 Å². The summed E-state index contributed by atoms with van der Waals surface area (Å²) in [4.78, 5) is 25.4. The van der Waals surface area contributed by atoms with Gasteiger partial charge >= 0.3 is 5.97 Å². The molecule has 0 aliphatic carbocycles. The Bertz CT molecular complexity index is 1530. The number of benzene rings is 3. The molecular formula is C30H28Cl2N4O5S. The maximum atomic E-state index is 12.7. The Labute approximate surface area is 258 Å². The molecule has 0 saturated heterocycles. The number of allylic oxidation sites excluding steroid dienone is 1. The van der Waals surface area contributed by atoms with Crippen LogP contribution in [0.4, 0.5) is 0 Å². The second kappa shape index (κ2) is 14.7. The molecule has 1 heterocycles. The predicted molar refractivity (Wildman–Crippen MR) is 166 cm³/mol. The topological polar surface area (TPSA) is 110 Å². The highest BCUT2D eigenvalue weighted by Gasteiger charge is 2.32. The van der Waals surface area contributed by atoms with Crippen LogP contribution in [-0.4, -0.2) is 36.4 Å². The zero-order chi connectivity index (χ0) is 30.1. The zero-order valence-electron chi connectivity index (χ0n) is 22.8. The van der Waals surface area contributed by atoms with Crippen LogP contribution >= 0.6 is 35.4 Å². The van der Waals surface area contributed by atoms with Gasteiger partial charge in [0.15, 0.2) is 11.7 Å². The fourth-order valence-electron chi connectivity index (χ4n) is 4.16. The fraction of sp³-hybridized carbons (Fsp3) is 0.200. The Kier molecular flexibility index (Phi) is 10.8. The van der Waals surface area contributed by atoms with E-state index < -0.39 is 17.9 Å². The molecule has 0 aromatic heterocycles. The summed E-state index contributed by atoms with van der Waals surface area (Å²) >= 11 is 17.9. The van der Waals surface area contributed by atoms with Crippen LogP contribution in [0, 0.1) is 0 Å². The van der Waals surface area contributed by atoms with Crippen molar-refractivity contribution in [2.75, 3.05) is 13.2 Å². The van der Waals surface area contributed by atoms with E-state index in [0.29, 0.717) is 49.1 Å². The number of nitrogens with one attached hydrogen (secondary N) is 3. The molecule has 218 valence electrons. The lowest BCUT2D eigenvalue weighted by Gasteiger charge is -2.30. The van der Waals surface area contributed by atoms with Gasteiger partial charge in [-0.05, 0) is 49.8 Å². The minimum Gasteiger partial charge on any atom is -0.487 e. The van der Waals surface area contributed by atoms with Crippen LogP contribution < -0.4 is 25.5 Å². The SMILES string of the molecule is CCOC(=O)C1=C(C)NC(=S)N[C@@H]1c1ccccc1OCC(=O)NN=Cc1cc(Cl)cc(Cl)c1OCc1ccccc1. The Morgan fingerprint density at radius 2 is 1.81 bits per heavy atom. The molecule has 1 atom stereocenters. The van der Waals surface area contributed by atoms with E-state index in [-0.39, 0.29) is 19.8 Å². The number of hydrogen-bond donors (Lipinski definition) is 3. The normalized spacial score (nSPS) is 14.7. The molecule has 3 aromatic carbocycles. The second-order valence-electron chi connectivity index (χ2n) is 8.99. The number of carbonyl (C=O) groups excluding carboxylic acids is 2. The highest BCUT2D eigenvalue weighted by atomic mass is 35.5. The van der Waals surface area contributed by atoms with E-state index in [1.807, 2.05) is 30.3 Å². The van der Waals surface area contributed by atoms with Gasteiger partial charge in [-0.3, -0.25) is 4.79 Å². The van der Waals surface area contributed by atoms with E-state index in [1.165, 1.54) is 6.21 Å². The van der Waals surface area contributed by atoms with Crippen LogP contribution in [-0.2, 0) is 20.9 Å². The number of rotatable bonds is 11. The number of amides is 1. The van der Waals surface area contributed by atoms with Crippen LogP contribution in [0.3, 0.4) is 0 Å². The third-order valence-electron chi connectivity index (χ3n) is 6.01. The van der Waals surface area contributed by atoms with E-state index in [9.17, 15) is 9.59 Å². The largest absolute Gasteiger partial charge is 0.487 e. The van der Waals surface area contributed by atoms with Crippen molar-refractivity contribution in [3.05, 3.63) is 105 Å². The summed E-state index contributed by atoms with van der Waals surface area (Å²) < 4.78 is 17.0. The number of ether oxygens (including phenoxy) is 3. The van der Waals surface area contributed by atoms with Crippen molar-refractivity contribution >= 4 is 58.6 Å². The highest BCUT2D eigenvalue weighted by Crippen LogP contribution is 2.34. The monoisotopic (exact) mass is 626 g/mol. The van der Waals surface area contributed by atoms with Crippen molar-refractivity contribution in [2.45, 2.75) is 26.5 Å². The Hall–Kier alpha value is -4.12. The van der Waals surface area contributed by atoms with Crippen LogP contribution in [0.25, 0.3) is 0 Å². The Morgan fingerprint density at radius 3 is 2.57 bits per heavy atom. The quantitative estimate of drug-likeness (QED) is 0.111. The van der Waals surface area contributed by atoms with E-state index in [1.54, 1.807) is 50.2 Å². The summed E-state index contributed by atoms with van der Waals surface area (Å²) in [5, 5.41) is 11.1. The first-order chi connectivity index (χ1) is 20.3. The average molecular weight is 628 g/mol. The van der Waals surface area contributed by atoms with Crippen molar-refractivity contribution in [3.63, 3.8) is 0 Å². The predicted octanol–water partition coefficient (Wildman–Crippen LogP) is 5.46. The highest BCUT2D eigenvalue weighted by molar-refractivity contribution is 7.80. The van der Waals surface area contributed by atoms with Crippen molar-refractivity contribution < 1.29 is 23.8 Å². The molecule has 3 N–H and O–H groups in total. The van der Waals surface area contributed by atoms with Crippen molar-refractivity contribution in [1.29, 1.82) is 0 Å². The molecule has 12 heteroatoms. The summed E-state index contributed by atoms with van der Waals surface area (Å²) in [7, 11) is 0. The van der Waals surface area contributed by atoms with Gasteiger partial charge in [-0.1, -0.05) is 71.7 Å². The third kappa shape index (κ3) is 8.00. The molecule has 0 spiro atoms. The Morgan fingerprint density at radius 1 is 1.07 bits per heavy atom. The lowest BCUT2D eigenvalue weighted by molar-refractivity contribution is -0.139. The summed E-state index contributed by atoms with van der Waals surface area (Å²) in [5.74, 6) is -0.252. The molecular weight excluding hydrogens is 599 g/mol. The minimum absolute atomic E-state index is 0.216. The molecule has 1 aliphatic rings. The lowest BCUT2D eigenvalue weighted by atomic mass is 9.95. The minimum atomic E-state index is -0.642. The molecule has 1 amide bonds. The van der Waals surface area contributed by atoms with Crippen molar-refractivity contribution in [2.24, 2.45) is 5.10 Å². The first-order valence-electron chi connectivity index (χ1n) is 12.9. The van der Waals surface area contributed by atoms with Gasteiger partial charge in [0.05, 0.1) is 29.5 Å². The van der Waals surface area contributed by atoms with Crippen molar-refractivity contribution in [1.82, 2.24) is 16.1 Å². The van der Waals surface area contributed by atoms with Gasteiger partial charge in [-0.2, -0.15) is 5.10 Å². The number of carbonyl (C=O) groups is 2. The lowest BCUT2D eigenvalue weighted by Crippen LogP contribution is -2.45. The summed E-state index contributed by atoms with van der Waals surface area (Å²) in [6.45, 7) is 3.62. The molecule has 3 aromatic rings. The van der Waals surface area contributed by atoms with Crippen LogP contribution in [0.2, 0.25) is 10.0 Å². The van der Waals surface area contributed by atoms with Gasteiger partial charge < -0.3 is 24.8 Å². The van der Waals surface area contributed by atoms with Crippen LogP contribution in [0.1, 0.15) is 36.6 Å². The molecule has 0 radical (unpaired) electrons. The van der Waals surface area contributed by atoms with Gasteiger partial charge in [0.1, 0.15) is 18.1 Å². The Balaban J connectivity index is 1.43. The molecule has 0 fully saturated rings. The average Bonchev–Trinajstić information content (AvgIpc) is 2.96. The number of esters is 1. The number of halogens is 2. The fourth-order valence-corrected chi connectivity index (χ4v) is 5.00. The van der Waals surface area contributed by atoms with Gasteiger partial charge in [-0.25, -0.2) is 10.2 Å². The van der Waals surface area contributed by atoms with Crippen LogP contribution in [0.15, 0.2) is 83.1 Å². The molecule has 9 nitrogen and oxygen atoms in total. The van der Waals surface area contributed by atoms with Crippen molar-refractivity contribution in [3.8, 4) is 11.5 Å². The number of nitrogens with zero attached hydrogens (tertiary/aromatic N) is 1. The van der Waals surface area contributed by atoms with Gasteiger partial charge in [-0.15, -0.1) is 0 Å². The van der Waals surface area contributed by atoms with Gasteiger partial charge in [0, 0.05) is 21.8 Å². The number of hydrogen-bond acceptors (Lipinski definition) is 7. The van der Waals surface area contributed by atoms with E-state index in [4.69, 9.17) is 49.6 Å². The summed E-state index contributed by atoms with van der Waals surface area (Å²) in [6, 6.07) is 19.2. The first kappa shape index (κ1) is 30.8. The molecule has 1 aliphatic heterocycles. The molecule has 42 heavy (non-hydrogen) atoms. The maximum Gasteiger partial charge on any atom is 0.338 e. The second-order valence-corrected chi connectivity index (χ2v) is 10.2. The van der Waals surface area contributed by atoms with E-state index in [0.717, 1.165) is 5.56 Å². The number of hydrazone groups is 1. The van der Waals surface area contributed by atoms with Gasteiger partial charge in [0.2, 0.25) is 0 Å². The molecule has 4 rings (SSSR count).